The van der Waals surface area contributed by atoms with Gasteiger partial charge in [0.15, 0.2) is 0 Å². The van der Waals surface area contributed by atoms with E-state index in [9.17, 15) is 0 Å². The molecule has 2 aliphatic rings. The number of fused-ring (bicyclic) bond motifs is 1. The Balaban J connectivity index is 1.72. The lowest BCUT2D eigenvalue weighted by Crippen LogP contribution is -2.29. The molecule has 0 bridgehead atoms. The summed E-state index contributed by atoms with van der Waals surface area (Å²) < 4.78 is 0. The fourth-order valence-electron chi connectivity index (χ4n) is 3.68. The Morgan fingerprint density at radius 3 is 2.71 bits per heavy atom. The molecule has 0 saturated heterocycles. The monoisotopic (exact) mass is 298 g/mol. The molecular formula is C18H22N2S. The lowest BCUT2D eigenvalue weighted by Gasteiger charge is -2.30. The van der Waals surface area contributed by atoms with Crippen LogP contribution in [0.2, 0.25) is 0 Å². The number of benzene rings is 1. The molecule has 2 nitrogen and oxygen atoms in total. The van der Waals surface area contributed by atoms with Crippen LogP contribution in [0.1, 0.15) is 64.1 Å². The summed E-state index contributed by atoms with van der Waals surface area (Å²) in [6.45, 7) is 0. The molecule has 1 fully saturated rings. The topological polar surface area (TPSA) is 38.0 Å². The second kappa shape index (κ2) is 5.56. The number of hydrogen-bond acceptors (Lipinski definition) is 3. The minimum Gasteiger partial charge on any atom is -0.271 e. The summed E-state index contributed by atoms with van der Waals surface area (Å²) in [7, 11) is 0. The maximum atomic E-state index is 5.94. The van der Waals surface area contributed by atoms with Gasteiger partial charge in [-0.15, -0.1) is 11.3 Å². The number of nitrogens with one attached hydrogen (secondary N) is 1. The molecule has 1 aromatic carbocycles. The van der Waals surface area contributed by atoms with Gasteiger partial charge in [-0.25, -0.2) is 5.43 Å². The van der Waals surface area contributed by atoms with Crippen LogP contribution in [0.5, 0.6) is 0 Å². The lowest BCUT2D eigenvalue weighted by molar-refractivity contribution is 0.414. The van der Waals surface area contributed by atoms with Gasteiger partial charge in [0.05, 0.1) is 6.04 Å². The zero-order valence-corrected chi connectivity index (χ0v) is 13.1. The molecule has 0 aliphatic heterocycles. The van der Waals surface area contributed by atoms with E-state index in [0.717, 1.165) is 5.92 Å². The molecule has 1 atom stereocenters. The van der Waals surface area contributed by atoms with E-state index in [1.165, 1.54) is 54.5 Å². The van der Waals surface area contributed by atoms with Crippen molar-refractivity contribution in [1.29, 1.82) is 0 Å². The number of hydrogen-bond donors (Lipinski definition) is 2. The van der Waals surface area contributed by atoms with E-state index in [2.05, 4.69) is 35.8 Å². The Morgan fingerprint density at radius 2 is 2.00 bits per heavy atom. The number of nitrogens with two attached hydrogens (primary N) is 1. The second-order valence-electron chi connectivity index (χ2n) is 6.31. The van der Waals surface area contributed by atoms with Crippen LogP contribution in [0, 0.1) is 0 Å². The minimum atomic E-state index is 0.150. The third-order valence-electron chi connectivity index (χ3n) is 5.07. The Hall–Kier alpha value is -1.16. The maximum absolute atomic E-state index is 5.94. The minimum absolute atomic E-state index is 0.150. The summed E-state index contributed by atoms with van der Waals surface area (Å²) >= 11 is 1.95. The average molecular weight is 298 g/mol. The SMILES string of the molecule is NNC(c1cc2c(s1)CCC2)c1ccccc1C1CCC1. The fraction of sp³-hybridized carbons (Fsp3) is 0.444. The van der Waals surface area contributed by atoms with Crippen LogP contribution in [0.3, 0.4) is 0 Å². The van der Waals surface area contributed by atoms with E-state index in [1.54, 1.807) is 10.4 Å². The molecule has 0 amide bonds. The number of aryl methyl sites for hydroxylation is 2. The summed E-state index contributed by atoms with van der Waals surface area (Å²) in [4.78, 5) is 2.96. The van der Waals surface area contributed by atoms with Gasteiger partial charge in [-0.2, -0.15) is 0 Å². The summed E-state index contributed by atoms with van der Waals surface area (Å²) in [5.41, 5.74) is 7.51. The standard InChI is InChI=1S/C18H22N2S/c19-20-18(17-11-13-7-4-10-16(13)21-17)15-9-2-1-8-14(15)12-5-3-6-12/h1-2,8-9,11-12,18,20H,3-7,10,19H2. The maximum Gasteiger partial charge on any atom is 0.0805 e. The molecule has 1 unspecified atom stereocenters. The van der Waals surface area contributed by atoms with Gasteiger partial charge in [-0.05, 0) is 60.8 Å². The molecule has 2 aromatic rings. The van der Waals surface area contributed by atoms with E-state index < -0.39 is 0 Å². The van der Waals surface area contributed by atoms with Crippen LogP contribution in [0.15, 0.2) is 30.3 Å². The smallest absolute Gasteiger partial charge is 0.0805 e. The van der Waals surface area contributed by atoms with Crippen molar-refractivity contribution in [2.24, 2.45) is 5.84 Å². The predicted molar refractivity (Wildman–Crippen MR) is 88.5 cm³/mol. The van der Waals surface area contributed by atoms with E-state index in [-0.39, 0.29) is 6.04 Å². The first kappa shape index (κ1) is 13.5. The van der Waals surface area contributed by atoms with E-state index in [4.69, 9.17) is 5.84 Å². The van der Waals surface area contributed by atoms with Gasteiger partial charge < -0.3 is 0 Å². The van der Waals surface area contributed by atoms with E-state index in [1.807, 2.05) is 11.3 Å². The summed E-state index contributed by atoms with van der Waals surface area (Å²) in [5, 5.41) is 0. The van der Waals surface area contributed by atoms with Gasteiger partial charge in [0, 0.05) is 9.75 Å². The Bertz CT molecular complexity index is 621. The molecule has 4 rings (SSSR count). The van der Waals surface area contributed by atoms with Gasteiger partial charge >= 0.3 is 0 Å². The van der Waals surface area contributed by atoms with Gasteiger partial charge in [-0.1, -0.05) is 30.7 Å². The Morgan fingerprint density at radius 1 is 1.14 bits per heavy atom. The molecule has 3 N–H and O–H groups in total. The van der Waals surface area contributed by atoms with Crippen LogP contribution in [-0.4, -0.2) is 0 Å². The van der Waals surface area contributed by atoms with Crippen molar-refractivity contribution in [3.8, 4) is 0 Å². The van der Waals surface area contributed by atoms with E-state index >= 15 is 0 Å². The van der Waals surface area contributed by atoms with Gasteiger partial charge in [0.25, 0.3) is 0 Å². The van der Waals surface area contributed by atoms with Crippen LogP contribution in [0.25, 0.3) is 0 Å². The highest BCUT2D eigenvalue weighted by Gasteiger charge is 2.27. The van der Waals surface area contributed by atoms with Gasteiger partial charge in [-0.3, -0.25) is 5.84 Å². The van der Waals surface area contributed by atoms with Crippen molar-refractivity contribution in [3.05, 3.63) is 56.8 Å². The highest BCUT2D eigenvalue weighted by atomic mass is 32.1. The largest absolute Gasteiger partial charge is 0.271 e. The quantitative estimate of drug-likeness (QED) is 0.660. The summed E-state index contributed by atoms with van der Waals surface area (Å²) in [6, 6.07) is 11.4. The van der Waals surface area contributed by atoms with Crippen molar-refractivity contribution in [2.45, 2.75) is 50.5 Å². The van der Waals surface area contributed by atoms with Crippen LogP contribution in [-0.2, 0) is 12.8 Å². The highest BCUT2D eigenvalue weighted by molar-refractivity contribution is 7.12. The molecule has 3 heteroatoms. The van der Waals surface area contributed by atoms with Crippen molar-refractivity contribution in [2.75, 3.05) is 0 Å². The van der Waals surface area contributed by atoms with Crippen molar-refractivity contribution in [1.82, 2.24) is 5.43 Å². The van der Waals surface area contributed by atoms with Crippen LogP contribution in [0.4, 0.5) is 0 Å². The van der Waals surface area contributed by atoms with Crippen LogP contribution >= 0.6 is 11.3 Å². The number of rotatable bonds is 4. The van der Waals surface area contributed by atoms with Crippen molar-refractivity contribution < 1.29 is 0 Å². The third-order valence-corrected chi connectivity index (χ3v) is 6.37. The molecule has 1 aromatic heterocycles. The molecule has 1 saturated carbocycles. The fourth-order valence-corrected chi connectivity index (χ4v) is 5.02. The second-order valence-corrected chi connectivity index (χ2v) is 7.48. The highest BCUT2D eigenvalue weighted by Crippen LogP contribution is 2.42. The van der Waals surface area contributed by atoms with Crippen LogP contribution < -0.4 is 11.3 Å². The lowest BCUT2D eigenvalue weighted by atomic mass is 9.77. The molecule has 21 heavy (non-hydrogen) atoms. The first-order valence-corrected chi connectivity index (χ1v) is 8.85. The summed E-state index contributed by atoms with van der Waals surface area (Å²) in [6.07, 6.45) is 7.84. The molecule has 2 aliphatic carbocycles. The first-order valence-electron chi connectivity index (χ1n) is 8.03. The van der Waals surface area contributed by atoms with Crippen molar-refractivity contribution >= 4 is 11.3 Å². The molecule has 0 radical (unpaired) electrons. The Labute approximate surface area is 130 Å². The zero-order valence-electron chi connectivity index (χ0n) is 12.3. The molecule has 1 heterocycles. The van der Waals surface area contributed by atoms with Crippen molar-refractivity contribution in [3.63, 3.8) is 0 Å². The molecule has 0 spiro atoms. The van der Waals surface area contributed by atoms with Gasteiger partial charge in [0.2, 0.25) is 0 Å². The normalized spacial score (nSPS) is 19.3. The van der Waals surface area contributed by atoms with E-state index in [0.29, 0.717) is 0 Å². The Kier molecular flexibility index (Phi) is 3.57. The zero-order chi connectivity index (χ0) is 14.2. The number of hydrazine groups is 1. The van der Waals surface area contributed by atoms with Gasteiger partial charge in [0.1, 0.15) is 0 Å². The average Bonchev–Trinajstić information content (AvgIpc) is 3.01. The first-order chi connectivity index (χ1) is 10.4. The summed E-state index contributed by atoms with van der Waals surface area (Å²) in [5.74, 6) is 6.68. The third kappa shape index (κ3) is 2.33. The molecule has 110 valence electrons. The number of thiophene rings is 1. The molecular weight excluding hydrogens is 276 g/mol. The predicted octanol–water partition coefficient (Wildman–Crippen LogP) is 4.06.